The van der Waals surface area contributed by atoms with E-state index < -0.39 is 0 Å². The summed E-state index contributed by atoms with van der Waals surface area (Å²) in [5.74, 6) is 1.07. The SMILES string of the molecule is CC(C)CC1C[C@H](c2cnccn2)[C@H](c2nccs2)N1. The largest absolute Gasteiger partial charge is 0.305 e. The van der Waals surface area contributed by atoms with Gasteiger partial charge in [-0.3, -0.25) is 9.97 Å². The molecule has 2 aromatic heterocycles. The molecule has 0 spiro atoms. The Morgan fingerprint density at radius 1 is 1.30 bits per heavy atom. The van der Waals surface area contributed by atoms with Gasteiger partial charge in [-0.1, -0.05) is 13.8 Å². The highest BCUT2D eigenvalue weighted by atomic mass is 32.1. The van der Waals surface area contributed by atoms with E-state index in [1.54, 1.807) is 23.7 Å². The molecule has 1 unspecified atom stereocenters. The molecule has 0 aliphatic carbocycles. The molecule has 1 aliphatic rings. The van der Waals surface area contributed by atoms with Gasteiger partial charge in [0.2, 0.25) is 0 Å². The summed E-state index contributed by atoms with van der Waals surface area (Å²) in [4.78, 5) is 13.2. The summed E-state index contributed by atoms with van der Waals surface area (Å²) in [6, 6.07) is 0.811. The van der Waals surface area contributed by atoms with Crippen LogP contribution in [0.4, 0.5) is 0 Å². The molecule has 3 atom stereocenters. The Balaban J connectivity index is 1.85. The fourth-order valence-corrected chi connectivity index (χ4v) is 3.80. The van der Waals surface area contributed by atoms with Crippen molar-refractivity contribution in [3.8, 4) is 0 Å². The molecule has 3 heterocycles. The molecule has 1 fully saturated rings. The van der Waals surface area contributed by atoms with Gasteiger partial charge in [-0.25, -0.2) is 4.98 Å². The Bertz CT molecular complexity index is 526. The first-order valence-corrected chi connectivity index (χ1v) is 8.03. The Kier molecular flexibility index (Phi) is 4.08. The minimum absolute atomic E-state index is 0.274. The molecule has 0 saturated carbocycles. The minimum Gasteiger partial charge on any atom is -0.305 e. The van der Waals surface area contributed by atoms with Crippen LogP contribution in [0.15, 0.2) is 30.2 Å². The van der Waals surface area contributed by atoms with Gasteiger partial charge in [0.05, 0.1) is 11.7 Å². The second-order valence-corrected chi connectivity index (χ2v) is 6.74. The molecule has 0 bridgehead atoms. The predicted octanol–water partition coefficient (Wildman–Crippen LogP) is 3.17. The number of hydrogen-bond donors (Lipinski definition) is 1. The third-order valence-corrected chi connectivity index (χ3v) is 4.65. The Hall–Kier alpha value is -1.33. The summed E-state index contributed by atoms with van der Waals surface area (Å²) in [7, 11) is 0. The van der Waals surface area contributed by atoms with Crippen molar-refractivity contribution in [3.63, 3.8) is 0 Å². The Morgan fingerprint density at radius 3 is 2.85 bits per heavy atom. The van der Waals surface area contributed by atoms with Crippen LogP contribution in [0, 0.1) is 5.92 Å². The topological polar surface area (TPSA) is 50.7 Å². The van der Waals surface area contributed by atoms with Crippen LogP contribution in [0.5, 0.6) is 0 Å². The average Bonchev–Trinajstić information content (AvgIpc) is 3.07. The van der Waals surface area contributed by atoms with Crippen molar-refractivity contribution in [2.24, 2.45) is 5.92 Å². The summed E-state index contributed by atoms with van der Waals surface area (Å²) >= 11 is 1.72. The van der Waals surface area contributed by atoms with E-state index in [9.17, 15) is 0 Å². The molecule has 1 N–H and O–H groups in total. The van der Waals surface area contributed by atoms with Gasteiger partial charge >= 0.3 is 0 Å². The van der Waals surface area contributed by atoms with Gasteiger partial charge in [0.1, 0.15) is 5.01 Å². The Morgan fingerprint density at radius 2 is 2.20 bits per heavy atom. The van der Waals surface area contributed by atoms with E-state index >= 15 is 0 Å². The number of thiazole rings is 1. The second-order valence-electron chi connectivity index (χ2n) is 5.81. The van der Waals surface area contributed by atoms with Crippen LogP contribution in [-0.4, -0.2) is 21.0 Å². The van der Waals surface area contributed by atoms with E-state index in [4.69, 9.17) is 0 Å². The number of aromatic nitrogens is 3. The fraction of sp³-hybridized carbons (Fsp3) is 0.533. The summed E-state index contributed by atoms with van der Waals surface area (Å²) in [6.07, 6.45) is 9.59. The molecule has 1 aliphatic heterocycles. The van der Waals surface area contributed by atoms with Crippen molar-refractivity contribution in [2.45, 2.75) is 44.7 Å². The van der Waals surface area contributed by atoms with Crippen LogP contribution in [0.25, 0.3) is 0 Å². The van der Waals surface area contributed by atoms with Crippen molar-refractivity contribution in [2.75, 3.05) is 0 Å². The van der Waals surface area contributed by atoms with Gasteiger partial charge in [0, 0.05) is 42.1 Å². The van der Waals surface area contributed by atoms with E-state index in [0.29, 0.717) is 17.9 Å². The molecule has 1 saturated heterocycles. The summed E-state index contributed by atoms with van der Waals surface area (Å²) in [6.45, 7) is 4.55. The monoisotopic (exact) mass is 288 g/mol. The van der Waals surface area contributed by atoms with Gasteiger partial charge in [0.25, 0.3) is 0 Å². The maximum absolute atomic E-state index is 4.51. The summed E-state index contributed by atoms with van der Waals surface area (Å²) in [5, 5.41) is 6.95. The quantitative estimate of drug-likeness (QED) is 0.939. The lowest BCUT2D eigenvalue weighted by Gasteiger charge is -2.16. The standard InChI is InChI=1S/C15H20N4S/c1-10(2)7-11-8-12(13-9-16-3-4-17-13)14(19-11)15-18-5-6-20-15/h3-6,9-12,14,19H,7-8H2,1-2H3/t11?,12-,14-/m1/s1. The third kappa shape index (κ3) is 2.88. The van der Waals surface area contributed by atoms with Crippen molar-refractivity contribution in [1.29, 1.82) is 0 Å². The second kappa shape index (κ2) is 5.97. The molecule has 0 aromatic carbocycles. The van der Waals surface area contributed by atoms with Crippen molar-refractivity contribution in [1.82, 2.24) is 20.3 Å². The molecule has 106 valence electrons. The lowest BCUT2D eigenvalue weighted by atomic mass is 9.93. The maximum Gasteiger partial charge on any atom is 0.110 e. The van der Waals surface area contributed by atoms with E-state index in [1.165, 1.54) is 6.42 Å². The normalized spacial score (nSPS) is 26.2. The molecule has 20 heavy (non-hydrogen) atoms. The molecular formula is C15H20N4S. The van der Waals surface area contributed by atoms with E-state index in [-0.39, 0.29) is 6.04 Å². The van der Waals surface area contributed by atoms with Crippen LogP contribution in [0.3, 0.4) is 0 Å². The number of hydrogen-bond acceptors (Lipinski definition) is 5. The summed E-state index contributed by atoms with van der Waals surface area (Å²) < 4.78 is 0. The first-order chi connectivity index (χ1) is 9.74. The van der Waals surface area contributed by atoms with Crippen molar-refractivity contribution < 1.29 is 0 Å². The zero-order chi connectivity index (χ0) is 13.9. The van der Waals surface area contributed by atoms with E-state index in [2.05, 4.69) is 34.1 Å². The zero-order valence-electron chi connectivity index (χ0n) is 11.9. The number of rotatable bonds is 4. The molecule has 0 amide bonds. The highest BCUT2D eigenvalue weighted by Gasteiger charge is 2.37. The van der Waals surface area contributed by atoms with Gasteiger partial charge in [0.15, 0.2) is 0 Å². The lowest BCUT2D eigenvalue weighted by molar-refractivity contribution is 0.447. The smallest absolute Gasteiger partial charge is 0.110 e. The molecule has 4 nitrogen and oxygen atoms in total. The summed E-state index contributed by atoms with van der Waals surface area (Å²) in [5.41, 5.74) is 1.08. The highest BCUT2D eigenvalue weighted by molar-refractivity contribution is 7.09. The van der Waals surface area contributed by atoms with Crippen molar-refractivity contribution >= 4 is 11.3 Å². The van der Waals surface area contributed by atoms with Crippen LogP contribution in [0.2, 0.25) is 0 Å². The van der Waals surface area contributed by atoms with Crippen LogP contribution < -0.4 is 5.32 Å². The first-order valence-electron chi connectivity index (χ1n) is 7.15. The highest BCUT2D eigenvalue weighted by Crippen LogP contribution is 2.41. The Labute approximate surface area is 123 Å². The number of nitrogens with zero attached hydrogens (tertiary/aromatic N) is 3. The first kappa shape index (κ1) is 13.6. The molecule has 2 aromatic rings. The molecule has 0 radical (unpaired) electrons. The van der Waals surface area contributed by atoms with E-state index in [1.807, 2.05) is 17.8 Å². The van der Waals surface area contributed by atoms with Gasteiger partial charge in [-0.05, 0) is 18.8 Å². The average molecular weight is 288 g/mol. The molecular weight excluding hydrogens is 268 g/mol. The van der Waals surface area contributed by atoms with E-state index in [0.717, 1.165) is 17.1 Å². The van der Waals surface area contributed by atoms with Gasteiger partial charge in [-0.2, -0.15) is 0 Å². The minimum atomic E-state index is 0.274. The van der Waals surface area contributed by atoms with Gasteiger partial charge in [-0.15, -0.1) is 11.3 Å². The zero-order valence-corrected chi connectivity index (χ0v) is 12.7. The fourth-order valence-electron chi connectivity index (χ4n) is 3.04. The van der Waals surface area contributed by atoms with Crippen LogP contribution in [0.1, 0.15) is 49.4 Å². The maximum atomic E-state index is 4.51. The van der Waals surface area contributed by atoms with Crippen molar-refractivity contribution in [3.05, 3.63) is 40.9 Å². The molecule has 5 heteroatoms. The van der Waals surface area contributed by atoms with Gasteiger partial charge < -0.3 is 5.32 Å². The predicted molar refractivity (Wildman–Crippen MR) is 80.6 cm³/mol. The number of nitrogens with one attached hydrogen (secondary N) is 1. The van der Waals surface area contributed by atoms with Crippen LogP contribution in [-0.2, 0) is 0 Å². The third-order valence-electron chi connectivity index (χ3n) is 3.79. The molecule has 3 rings (SSSR count). The lowest BCUT2D eigenvalue weighted by Crippen LogP contribution is -2.26. The van der Waals surface area contributed by atoms with Crippen LogP contribution >= 0.6 is 11.3 Å².